The zero-order valence-electron chi connectivity index (χ0n) is 10.4. The molecule has 0 bridgehead atoms. The van der Waals surface area contributed by atoms with E-state index in [4.69, 9.17) is 0 Å². The first kappa shape index (κ1) is 14.8. The summed E-state index contributed by atoms with van der Waals surface area (Å²) in [6.45, 7) is 1.80. The Morgan fingerprint density at radius 1 is 1.20 bits per heavy atom. The van der Waals surface area contributed by atoms with Gasteiger partial charge in [-0.15, -0.1) is 0 Å². The van der Waals surface area contributed by atoms with Crippen LogP contribution in [-0.4, -0.2) is 9.97 Å². The van der Waals surface area contributed by atoms with Crippen molar-refractivity contribution in [3.05, 3.63) is 52.5 Å². The quantitative estimate of drug-likeness (QED) is 0.893. The minimum Gasteiger partial charge on any atom is -0.377 e. The van der Waals surface area contributed by atoms with Crippen molar-refractivity contribution in [1.29, 1.82) is 0 Å². The molecule has 0 radical (unpaired) electrons. The second-order valence-electron chi connectivity index (χ2n) is 4.22. The van der Waals surface area contributed by atoms with E-state index >= 15 is 0 Å². The molecule has 7 heteroatoms. The number of hydrogen-bond donors (Lipinski definition) is 1. The largest absolute Gasteiger partial charge is 0.416 e. The van der Waals surface area contributed by atoms with Crippen molar-refractivity contribution in [2.75, 3.05) is 5.32 Å². The molecule has 0 fully saturated rings. The Labute approximate surface area is 122 Å². The highest BCUT2D eigenvalue weighted by Gasteiger charge is 2.31. The Morgan fingerprint density at radius 3 is 2.55 bits per heavy atom. The lowest BCUT2D eigenvalue weighted by atomic mass is 10.1. The van der Waals surface area contributed by atoms with Gasteiger partial charge >= 0.3 is 6.18 Å². The first-order valence-electron chi connectivity index (χ1n) is 5.76. The molecular formula is C13H11BrF3N3. The predicted octanol–water partition coefficient (Wildman–Crippen LogP) is 4.43. The third kappa shape index (κ3) is 3.69. The van der Waals surface area contributed by atoms with Gasteiger partial charge in [0.05, 0.1) is 23.5 Å². The standard InChI is InChI=1S/C13H11BrF3N3/c1-8(12-7-18-2-3-19-12)20-11-5-9(13(15,16)17)4-10(14)6-11/h2-8,20H,1H3. The van der Waals surface area contributed by atoms with Crippen LogP contribution >= 0.6 is 15.9 Å². The molecule has 1 aromatic heterocycles. The van der Waals surface area contributed by atoms with Gasteiger partial charge in [-0.25, -0.2) is 0 Å². The topological polar surface area (TPSA) is 37.8 Å². The zero-order chi connectivity index (χ0) is 14.8. The first-order valence-corrected chi connectivity index (χ1v) is 6.56. The van der Waals surface area contributed by atoms with Crippen molar-refractivity contribution in [3.63, 3.8) is 0 Å². The van der Waals surface area contributed by atoms with Crippen LogP contribution in [0.3, 0.4) is 0 Å². The molecule has 2 rings (SSSR count). The molecule has 1 unspecified atom stereocenters. The van der Waals surface area contributed by atoms with Crippen molar-refractivity contribution < 1.29 is 13.2 Å². The van der Waals surface area contributed by atoms with Gasteiger partial charge in [0.1, 0.15) is 0 Å². The van der Waals surface area contributed by atoms with Crippen LogP contribution in [0, 0.1) is 0 Å². The second-order valence-corrected chi connectivity index (χ2v) is 5.14. The molecule has 0 aliphatic heterocycles. The van der Waals surface area contributed by atoms with E-state index in [-0.39, 0.29) is 6.04 Å². The summed E-state index contributed by atoms with van der Waals surface area (Å²) < 4.78 is 38.6. The number of rotatable bonds is 3. The van der Waals surface area contributed by atoms with Gasteiger partial charge in [-0.05, 0) is 25.1 Å². The third-order valence-corrected chi connectivity index (χ3v) is 3.09. The number of alkyl halides is 3. The maximum atomic E-state index is 12.7. The Bertz CT molecular complexity index is 587. The molecule has 0 spiro atoms. The fraction of sp³-hybridized carbons (Fsp3) is 0.231. The van der Waals surface area contributed by atoms with E-state index in [2.05, 4.69) is 31.2 Å². The summed E-state index contributed by atoms with van der Waals surface area (Å²) in [6, 6.07) is 3.44. The fourth-order valence-electron chi connectivity index (χ4n) is 1.69. The number of nitrogens with zero attached hydrogens (tertiary/aromatic N) is 2. The average molecular weight is 346 g/mol. The van der Waals surface area contributed by atoms with Crippen LogP contribution in [0.25, 0.3) is 0 Å². The highest BCUT2D eigenvalue weighted by Crippen LogP contribution is 2.34. The van der Waals surface area contributed by atoms with Gasteiger partial charge in [0, 0.05) is 22.6 Å². The molecule has 0 saturated carbocycles. The predicted molar refractivity (Wildman–Crippen MR) is 73.2 cm³/mol. The molecule has 1 N–H and O–H groups in total. The van der Waals surface area contributed by atoms with E-state index in [0.29, 0.717) is 15.9 Å². The van der Waals surface area contributed by atoms with Crippen molar-refractivity contribution in [2.24, 2.45) is 0 Å². The van der Waals surface area contributed by atoms with Crippen LogP contribution in [0.1, 0.15) is 24.2 Å². The first-order chi connectivity index (χ1) is 9.36. The van der Waals surface area contributed by atoms with Gasteiger partial charge in [-0.2, -0.15) is 13.2 Å². The molecule has 2 aromatic rings. The summed E-state index contributed by atoms with van der Waals surface area (Å²) in [5, 5.41) is 2.98. The van der Waals surface area contributed by atoms with Gasteiger partial charge in [-0.3, -0.25) is 9.97 Å². The smallest absolute Gasteiger partial charge is 0.377 e. The SMILES string of the molecule is CC(Nc1cc(Br)cc(C(F)(F)F)c1)c1cnccn1. The van der Waals surface area contributed by atoms with Gasteiger partial charge in [-0.1, -0.05) is 15.9 Å². The minimum atomic E-state index is -4.38. The molecule has 0 saturated heterocycles. The van der Waals surface area contributed by atoms with E-state index in [1.54, 1.807) is 19.2 Å². The summed E-state index contributed by atoms with van der Waals surface area (Å²) in [5.74, 6) is 0. The third-order valence-electron chi connectivity index (χ3n) is 2.64. The van der Waals surface area contributed by atoms with Crippen LogP contribution in [0.2, 0.25) is 0 Å². The molecule has 1 aromatic carbocycles. The highest BCUT2D eigenvalue weighted by molar-refractivity contribution is 9.10. The summed E-state index contributed by atoms with van der Waals surface area (Å²) in [6.07, 6.45) is 0.267. The lowest BCUT2D eigenvalue weighted by Crippen LogP contribution is -2.10. The Balaban J connectivity index is 2.24. The van der Waals surface area contributed by atoms with Crippen molar-refractivity contribution in [3.8, 4) is 0 Å². The number of hydrogen-bond acceptors (Lipinski definition) is 3. The summed E-state index contributed by atoms with van der Waals surface area (Å²) in [7, 11) is 0. The van der Waals surface area contributed by atoms with Crippen molar-refractivity contribution in [1.82, 2.24) is 9.97 Å². The van der Waals surface area contributed by atoms with Crippen molar-refractivity contribution >= 4 is 21.6 Å². The van der Waals surface area contributed by atoms with E-state index in [9.17, 15) is 13.2 Å². The van der Waals surface area contributed by atoms with Gasteiger partial charge in [0.2, 0.25) is 0 Å². The minimum absolute atomic E-state index is 0.251. The number of anilines is 1. The van der Waals surface area contributed by atoms with Crippen LogP contribution in [0.5, 0.6) is 0 Å². The lowest BCUT2D eigenvalue weighted by Gasteiger charge is -2.16. The summed E-state index contributed by atoms with van der Waals surface area (Å²) in [5.41, 5.74) is 0.312. The Morgan fingerprint density at radius 2 is 1.95 bits per heavy atom. The number of halogens is 4. The monoisotopic (exact) mass is 345 g/mol. The van der Waals surface area contributed by atoms with Crippen LogP contribution in [0.4, 0.5) is 18.9 Å². The van der Waals surface area contributed by atoms with Crippen LogP contribution < -0.4 is 5.32 Å². The fourth-order valence-corrected chi connectivity index (χ4v) is 2.19. The van der Waals surface area contributed by atoms with Gasteiger partial charge < -0.3 is 5.32 Å². The van der Waals surface area contributed by atoms with Crippen LogP contribution in [0.15, 0.2) is 41.3 Å². The Hall–Kier alpha value is -1.63. The summed E-state index contributed by atoms with van der Waals surface area (Å²) in [4.78, 5) is 8.04. The number of nitrogens with one attached hydrogen (secondary N) is 1. The maximum absolute atomic E-state index is 12.7. The van der Waals surface area contributed by atoms with Gasteiger partial charge in [0.25, 0.3) is 0 Å². The molecule has 3 nitrogen and oxygen atoms in total. The average Bonchev–Trinajstić information content (AvgIpc) is 2.38. The molecule has 1 heterocycles. The molecule has 20 heavy (non-hydrogen) atoms. The van der Waals surface area contributed by atoms with E-state index in [0.717, 1.165) is 12.1 Å². The molecule has 1 atom stereocenters. The number of aromatic nitrogens is 2. The van der Waals surface area contributed by atoms with Crippen LogP contribution in [-0.2, 0) is 6.18 Å². The van der Waals surface area contributed by atoms with Crippen molar-refractivity contribution in [2.45, 2.75) is 19.1 Å². The molecule has 0 aliphatic rings. The zero-order valence-corrected chi connectivity index (χ0v) is 12.0. The number of benzene rings is 1. The molecule has 0 aliphatic carbocycles. The van der Waals surface area contributed by atoms with Gasteiger partial charge in [0.15, 0.2) is 0 Å². The van der Waals surface area contributed by atoms with E-state index in [1.807, 2.05) is 0 Å². The normalized spacial score (nSPS) is 13.1. The molecular weight excluding hydrogens is 335 g/mol. The highest BCUT2D eigenvalue weighted by atomic mass is 79.9. The maximum Gasteiger partial charge on any atom is 0.416 e. The molecule has 0 amide bonds. The van der Waals surface area contributed by atoms with E-state index < -0.39 is 11.7 Å². The molecule has 106 valence electrons. The lowest BCUT2D eigenvalue weighted by molar-refractivity contribution is -0.137. The van der Waals surface area contributed by atoms with E-state index in [1.165, 1.54) is 12.4 Å². The Kier molecular flexibility index (Phi) is 4.27. The summed E-state index contributed by atoms with van der Waals surface area (Å²) >= 11 is 3.08. The second kappa shape index (κ2) is 5.78.